The van der Waals surface area contributed by atoms with E-state index < -0.39 is 17.9 Å². The summed E-state index contributed by atoms with van der Waals surface area (Å²) < 4.78 is 10.9. The van der Waals surface area contributed by atoms with E-state index in [0.29, 0.717) is 18.4 Å². The Morgan fingerprint density at radius 1 is 1.02 bits per heavy atom. The summed E-state index contributed by atoms with van der Waals surface area (Å²) in [7, 11) is 0. The third-order valence-corrected chi connectivity index (χ3v) is 6.81. The largest absolute Gasteiger partial charge is 0.377 e. The van der Waals surface area contributed by atoms with Gasteiger partial charge in [0, 0.05) is 44.2 Å². The molecule has 0 aromatic heterocycles. The molecule has 12 heteroatoms. The van der Waals surface area contributed by atoms with Gasteiger partial charge in [0.2, 0.25) is 23.6 Å². The molecule has 2 aliphatic heterocycles. The number of fused-ring (bicyclic) bond motifs is 1. The molecule has 0 bridgehead atoms. The molecular formula is C29H43N5O7. The van der Waals surface area contributed by atoms with Gasteiger partial charge >= 0.3 is 0 Å². The van der Waals surface area contributed by atoms with Crippen LogP contribution in [0.25, 0.3) is 0 Å². The molecular weight excluding hydrogens is 530 g/mol. The first-order chi connectivity index (χ1) is 19.5. The number of ether oxygens (including phenoxy) is 2. The van der Waals surface area contributed by atoms with Gasteiger partial charge in [-0.05, 0) is 30.4 Å². The number of carbonyl (C=O) groups is 5. The van der Waals surface area contributed by atoms with Crippen molar-refractivity contribution in [2.45, 2.75) is 52.1 Å². The van der Waals surface area contributed by atoms with Crippen molar-refractivity contribution < 1.29 is 33.4 Å². The van der Waals surface area contributed by atoms with E-state index in [4.69, 9.17) is 9.47 Å². The molecule has 2 atom stereocenters. The summed E-state index contributed by atoms with van der Waals surface area (Å²) in [6.45, 7) is 6.82. The van der Waals surface area contributed by atoms with E-state index in [-0.39, 0.29) is 94.8 Å². The van der Waals surface area contributed by atoms with Crippen LogP contribution in [0.15, 0.2) is 30.3 Å². The zero-order valence-corrected chi connectivity index (χ0v) is 24.3. The van der Waals surface area contributed by atoms with Crippen LogP contribution >= 0.6 is 0 Å². The van der Waals surface area contributed by atoms with Gasteiger partial charge in [-0.1, -0.05) is 39.0 Å². The molecule has 0 unspecified atom stereocenters. The van der Waals surface area contributed by atoms with Gasteiger partial charge < -0.3 is 35.2 Å². The quantitative estimate of drug-likeness (QED) is 0.444. The van der Waals surface area contributed by atoms with Gasteiger partial charge in [-0.2, -0.15) is 0 Å². The highest BCUT2D eigenvalue weighted by atomic mass is 16.5. The highest BCUT2D eigenvalue weighted by Crippen LogP contribution is 2.20. The van der Waals surface area contributed by atoms with E-state index in [2.05, 4.69) is 16.0 Å². The molecule has 0 radical (unpaired) electrons. The minimum atomic E-state index is -0.831. The van der Waals surface area contributed by atoms with Gasteiger partial charge in [-0.3, -0.25) is 24.0 Å². The average Bonchev–Trinajstić information content (AvgIpc) is 2.92. The predicted molar refractivity (Wildman–Crippen MR) is 151 cm³/mol. The topological polar surface area (TPSA) is 146 Å². The summed E-state index contributed by atoms with van der Waals surface area (Å²) in [6.07, 6.45) is 1.02. The number of benzene rings is 1. The number of rotatable bonds is 6. The van der Waals surface area contributed by atoms with Crippen LogP contribution in [0.3, 0.4) is 0 Å². The van der Waals surface area contributed by atoms with Crippen molar-refractivity contribution in [3.63, 3.8) is 0 Å². The Morgan fingerprint density at radius 2 is 1.76 bits per heavy atom. The molecule has 3 rings (SSSR count). The molecule has 5 amide bonds. The second-order valence-electron chi connectivity index (χ2n) is 11.5. The first kappa shape index (κ1) is 32.0. The molecule has 2 heterocycles. The lowest BCUT2D eigenvalue weighted by Crippen LogP contribution is -2.59. The first-order valence-electron chi connectivity index (χ1n) is 14.2. The molecule has 0 aliphatic carbocycles. The molecule has 41 heavy (non-hydrogen) atoms. The van der Waals surface area contributed by atoms with Gasteiger partial charge in [-0.25, -0.2) is 0 Å². The van der Waals surface area contributed by atoms with Crippen molar-refractivity contribution in [3.05, 3.63) is 35.9 Å². The zero-order valence-electron chi connectivity index (χ0n) is 24.3. The Bertz CT molecular complexity index is 1060. The third-order valence-electron chi connectivity index (χ3n) is 6.81. The Morgan fingerprint density at radius 3 is 2.49 bits per heavy atom. The number of carbonyl (C=O) groups excluding carboxylic acids is 5. The van der Waals surface area contributed by atoms with E-state index in [1.54, 1.807) is 24.3 Å². The smallest absolute Gasteiger partial charge is 0.251 e. The van der Waals surface area contributed by atoms with Crippen molar-refractivity contribution in [2.24, 2.45) is 5.41 Å². The normalized spacial score (nSPS) is 21.7. The van der Waals surface area contributed by atoms with E-state index in [0.717, 1.165) is 0 Å². The molecule has 0 spiro atoms. The van der Waals surface area contributed by atoms with E-state index in [9.17, 15) is 24.0 Å². The van der Waals surface area contributed by atoms with E-state index >= 15 is 0 Å². The average molecular weight is 574 g/mol. The molecule has 12 nitrogen and oxygen atoms in total. The maximum Gasteiger partial charge on any atom is 0.251 e. The molecule has 1 aromatic rings. The molecule has 1 aromatic carbocycles. The summed E-state index contributed by atoms with van der Waals surface area (Å²) in [4.78, 5) is 67.6. The van der Waals surface area contributed by atoms with Crippen LogP contribution < -0.4 is 16.0 Å². The number of nitrogens with one attached hydrogen (secondary N) is 3. The monoisotopic (exact) mass is 573 g/mol. The Balaban J connectivity index is 1.70. The molecule has 226 valence electrons. The lowest BCUT2D eigenvalue weighted by Gasteiger charge is -2.39. The lowest BCUT2D eigenvalue weighted by molar-refractivity contribution is -0.148. The summed E-state index contributed by atoms with van der Waals surface area (Å²) in [5.74, 6) is -1.52. The second-order valence-corrected chi connectivity index (χ2v) is 11.5. The minimum absolute atomic E-state index is 0.112. The lowest BCUT2D eigenvalue weighted by atomic mass is 9.92. The van der Waals surface area contributed by atoms with Crippen molar-refractivity contribution in [2.75, 3.05) is 59.2 Å². The summed E-state index contributed by atoms with van der Waals surface area (Å²) in [6, 6.07) is 7.66. The Kier molecular flexibility index (Phi) is 12.1. The fourth-order valence-electron chi connectivity index (χ4n) is 4.76. The molecule has 3 N–H and O–H groups in total. The number of piperidine rings is 1. The zero-order chi connectivity index (χ0) is 29.8. The Labute approximate surface area is 241 Å². The van der Waals surface area contributed by atoms with E-state index in [1.165, 1.54) is 9.80 Å². The van der Waals surface area contributed by atoms with Gasteiger partial charge in [-0.15, -0.1) is 0 Å². The number of hydrogen-bond donors (Lipinski definition) is 3. The predicted octanol–water partition coefficient (Wildman–Crippen LogP) is 0.320. The maximum atomic E-state index is 13.5. The van der Waals surface area contributed by atoms with Crippen LogP contribution in [0.4, 0.5) is 0 Å². The Hall–Kier alpha value is -3.51. The van der Waals surface area contributed by atoms with Gasteiger partial charge in [0.05, 0.1) is 26.4 Å². The van der Waals surface area contributed by atoms with Crippen molar-refractivity contribution >= 4 is 29.5 Å². The van der Waals surface area contributed by atoms with Gasteiger partial charge in [0.1, 0.15) is 12.6 Å². The van der Waals surface area contributed by atoms with Gasteiger partial charge in [0.25, 0.3) is 5.91 Å². The SMILES string of the molecule is CC(C)(C)CC(=O)NCCN1CC(=O)N2CC[C@@H](NC(=O)c3ccccc3)C[C@H]2C(=O)NCCOCCOCC1=O. The summed E-state index contributed by atoms with van der Waals surface area (Å²) >= 11 is 0. The van der Waals surface area contributed by atoms with Gasteiger partial charge in [0.15, 0.2) is 0 Å². The highest BCUT2D eigenvalue weighted by molar-refractivity contribution is 5.94. The maximum absolute atomic E-state index is 13.5. The van der Waals surface area contributed by atoms with Crippen LogP contribution in [-0.4, -0.2) is 111 Å². The van der Waals surface area contributed by atoms with Crippen molar-refractivity contribution in [1.29, 1.82) is 0 Å². The second kappa shape index (κ2) is 15.5. The molecule has 2 aliphatic rings. The molecule has 0 saturated carbocycles. The molecule has 2 saturated heterocycles. The third kappa shape index (κ3) is 10.8. The van der Waals surface area contributed by atoms with Crippen molar-refractivity contribution in [3.8, 4) is 0 Å². The van der Waals surface area contributed by atoms with Crippen LogP contribution in [0.5, 0.6) is 0 Å². The van der Waals surface area contributed by atoms with Crippen LogP contribution in [0, 0.1) is 5.41 Å². The minimum Gasteiger partial charge on any atom is -0.377 e. The number of hydrogen-bond acceptors (Lipinski definition) is 7. The summed E-state index contributed by atoms with van der Waals surface area (Å²) in [5, 5.41) is 8.62. The number of nitrogens with zero attached hydrogens (tertiary/aromatic N) is 2. The fourth-order valence-corrected chi connectivity index (χ4v) is 4.76. The first-order valence-corrected chi connectivity index (χ1v) is 14.2. The number of amides is 5. The summed E-state index contributed by atoms with van der Waals surface area (Å²) in [5.41, 5.74) is 0.331. The van der Waals surface area contributed by atoms with Crippen LogP contribution in [0.2, 0.25) is 0 Å². The fraction of sp³-hybridized carbons (Fsp3) is 0.621. The molecule has 2 fully saturated rings. The highest BCUT2D eigenvalue weighted by Gasteiger charge is 2.37. The standard InChI is InChI=1S/C29H43N5O7/c1-29(2,3)18-24(35)30-10-13-33-19-25(36)34-12-9-22(32-27(38)21-7-5-4-6-8-21)17-23(34)28(39)31-11-14-40-15-16-41-20-26(33)37/h4-8,22-23H,9-20H2,1-3H3,(H,30,35)(H,31,39)(H,32,38)/t22-,23+/m1/s1. The van der Waals surface area contributed by atoms with Crippen LogP contribution in [0.1, 0.15) is 50.4 Å². The van der Waals surface area contributed by atoms with E-state index in [1.807, 2.05) is 26.8 Å². The van der Waals surface area contributed by atoms with Crippen molar-refractivity contribution in [1.82, 2.24) is 25.8 Å². The van der Waals surface area contributed by atoms with Crippen LogP contribution in [-0.2, 0) is 28.7 Å².